The Kier molecular flexibility index (Phi) is 5.30. The van der Waals surface area contributed by atoms with Crippen LogP contribution in [-0.4, -0.2) is 30.0 Å². The zero-order valence-corrected chi connectivity index (χ0v) is 12.9. The summed E-state index contributed by atoms with van der Waals surface area (Å²) in [5.74, 6) is 1.33. The number of carbonyl (C=O) groups excluding carboxylic acids is 1. The van der Waals surface area contributed by atoms with E-state index in [-0.39, 0.29) is 5.91 Å². The van der Waals surface area contributed by atoms with Crippen molar-refractivity contribution in [1.82, 2.24) is 4.90 Å². The minimum Gasteiger partial charge on any atom is -0.481 e. The highest BCUT2D eigenvalue weighted by molar-refractivity contribution is 6.30. The molecule has 0 aliphatic carbocycles. The Morgan fingerprint density at radius 2 is 2.35 bits per heavy atom. The molecule has 1 amide bonds. The van der Waals surface area contributed by atoms with Crippen molar-refractivity contribution >= 4 is 17.5 Å². The first kappa shape index (κ1) is 15.2. The van der Waals surface area contributed by atoms with Gasteiger partial charge in [-0.15, -0.1) is 0 Å². The number of carbonyl (C=O) groups is 1. The third kappa shape index (κ3) is 3.89. The predicted molar refractivity (Wildman–Crippen MR) is 81.1 cm³/mol. The molecule has 1 aliphatic heterocycles. The van der Waals surface area contributed by atoms with Crippen LogP contribution < -0.4 is 4.74 Å². The van der Waals surface area contributed by atoms with Gasteiger partial charge in [0.15, 0.2) is 6.10 Å². The number of amides is 1. The van der Waals surface area contributed by atoms with E-state index in [1.165, 1.54) is 6.42 Å². The van der Waals surface area contributed by atoms with E-state index in [0.717, 1.165) is 19.5 Å². The molecule has 1 aliphatic rings. The molecule has 3 nitrogen and oxygen atoms in total. The van der Waals surface area contributed by atoms with Gasteiger partial charge in [-0.3, -0.25) is 4.79 Å². The van der Waals surface area contributed by atoms with E-state index in [1.807, 2.05) is 24.0 Å². The minimum absolute atomic E-state index is 0.0963. The lowest BCUT2D eigenvalue weighted by molar-refractivity contribution is -0.140. The zero-order valence-electron chi connectivity index (χ0n) is 12.1. The van der Waals surface area contributed by atoms with Crippen LogP contribution >= 0.6 is 11.6 Å². The number of rotatable bonds is 4. The molecule has 2 atom stereocenters. The fraction of sp³-hybridized carbons (Fsp3) is 0.562. The van der Waals surface area contributed by atoms with Crippen LogP contribution in [0.15, 0.2) is 24.3 Å². The van der Waals surface area contributed by atoms with Crippen molar-refractivity contribution in [3.63, 3.8) is 0 Å². The third-order valence-electron chi connectivity index (χ3n) is 3.69. The smallest absolute Gasteiger partial charge is 0.263 e. The number of hydrogen-bond acceptors (Lipinski definition) is 2. The standard InChI is InChI=1S/C16H22ClNO2/c1-3-15(20-14-8-4-7-13(17)10-14)16(19)18-9-5-6-12(2)11-18/h4,7-8,10,12,15H,3,5-6,9,11H2,1-2H3/t12-,15+/m0/s1. The summed E-state index contributed by atoms with van der Waals surface area (Å²) < 4.78 is 5.82. The Labute approximate surface area is 125 Å². The first-order valence-corrected chi connectivity index (χ1v) is 7.69. The van der Waals surface area contributed by atoms with Gasteiger partial charge in [-0.05, 0) is 43.4 Å². The highest BCUT2D eigenvalue weighted by atomic mass is 35.5. The van der Waals surface area contributed by atoms with Crippen LogP contribution in [0.25, 0.3) is 0 Å². The van der Waals surface area contributed by atoms with Crippen molar-refractivity contribution in [3.05, 3.63) is 29.3 Å². The first-order valence-electron chi connectivity index (χ1n) is 7.31. The van der Waals surface area contributed by atoms with Gasteiger partial charge in [-0.25, -0.2) is 0 Å². The maximum Gasteiger partial charge on any atom is 0.263 e. The van der Waals surface area contributed by atoms with Gasteiger partial charge in [0.05, 0.1) is 0 Å². The molecule has 0 spiro atoms. The molecule has 1 fully saturated rings. The summed E-state index contributed by atoms with van der Waals surface area (Å²) in [4.78, 5) is 14.5. The third-order valence-corrected chi connectivity index (χ3v) is 3.92. The molecular formula is C16H22ClNO2. The summed E-state index contributed by atoms with van der Waals surface area (Å²) in [6.45, 7) is 5.85. The number of piperidine rings is 1. The molecule has 1 heterocycles. The van der Waals surface area contributed by atoms with E-state index in [9.17, 15) is 4.79 Å². The van der Waals surface area contributed by atoms with Crippen LogP contribution in [0.3, 0.4) is 0 Å². The highest BCUT2D eigenvalue weighted by Gasteiger charge is 2.27. The normalized spacial score (nSPS) is 20.6. The fourth-order valence-corrected chi connectivity index (χ4v) is 2.79. The van der Waals surface area contributed by atoms with E-state index in [2.05, 4.69) is 6.92 Å². The Morgan fingerprint density at radius 1 is 1.55 bits per heavy atom. The number of likely N-dealkylation sites (tertiary alicyclic amines) is 1. The highest BCUT2D eigenvalue weighted by Crippen LogP contribution is 2.21. The van der Waals surface area contributed by atoms with Gasteiger partial charge in [0.1, 0.15) is 5.75 Å². The van der Waals surface area contributed by atoms with Crippen LogP contribution in [-0.2, 0) is 4.79 Å². The average Bonchev–Trinajstić information content (AvgIpc) is 2.44. The lowest BCUT2D eigenvalue weighted by atomic mass is 9.99. The second kappa shape index (κ2) is 6.98. The summed E-state index contributed by atoms with van der Waals surface area (Å²) in [6.07, 6.45) is 2.53. The number of nitrogens with zero attached hydrogens (tertiary/aromatic N) is 1. The number of ether oxygens (including phenoxy) is 1. The topological polar surface area (TPSA) is 29.5 Å². The molecule has 0 aromatic heterocycles. The molecule has 1 aromatic carbocycles. The molecule has 0 radical (unpaired) electrons. The van der Waals surface area contributed by atoms with Crippen LogP contribution in [0.4, 0.5) is 0 Å². The largest absolute Gasteiger partial charge is 0.481 e. The lowest BCUT2D eigenvalue weighted by Gasteiger charge is -2.33. The molecule has 0 N–H and O–H groups in total. The van der Waals surface area contributed by atoms with Crippen LogP contribution in [0, 0.1) is 5.92 Å². The summed E-state index contributed by atoms with van der Waals surface area (Å²) in [5.41, 5.74) is 0. The van der Waals surface area contributed by atoms with Gasteiger partial charge >= 0.3 is 0 Å². The Bertz CT molecular complexity index is 464. The molecule has 2 rings (SSSR count). The SMILES string of the molecule is CC[C@@H](Oc1cccc(Cl)c1)C(=O)N1CCC[C@H](C)C1. The summed E-state index contributed by atoms with van der Waals surface area (Å²) in [7, 11) is 0. The van der Waals surface area contributed by atoms with Gasteiger partial charge in [0, 0.05) is 18.1 Å². The maximum absolute atomic E-state index is 12.5. The second-order valence-corrected chi connectivity index (χ2v) is 5.94. The van der Waals surface area contributed by atoms with Crippen molar-refractivity contribution in [2.45, 2.75) is 39.2 Å². The summed E-state index contributed by atoms with van der Waals surface area (Å²) in [6, 6.07) is 7.21. The Hall–Kier alpha value is -1.22. The first-order chi connectivity index (χ1) is 9.60. The maximum atomic E-state index is 12.5. The molecule has 1 aromatic rings. The van der Waals surface area contributed by atoms with Gasteiger partial charge in [0.25, 0.3) is 5.91 Å². The monoisotopic (exact) mass is 295 g/mol. The molecule has 0 bridgehead atoms. The van der Waals surface area contributed by atoms with Gasteiger partial charge in [-0.1, -0.05) is 31.5 Å². The molecule has 110 valence electrons. The number of hydrogen-bond donors (Lipinski definition) is 0. The molecule has 20 heavy (non-hydrogen) atoms. The number of halogens is 1. The zero-order chi connectivity index (χ0) is 14.5. The molecule has 0 unspecified atom stereocenters. The van der Waals surface area contributed by atoms with Crippen molar-refractivity contribution < 1.29 is 9.53 Å². The van der Waals surface area contributed by atoms with Crippen molar-refractivity contribution in [1.29, 1.82) is 0 Å². The summed E-state index contributed by atoms with van der Waals surface area (Å²) in [5, 5.41) is 0.622. The second-order valence-electron chi connectivity index (χ2n) is 5.50. The molecule has 0 saturated carbocycles. The molecular weight excluding hydrogens is 274 g/mol. The van der Waals surface area contributed by atoms with E-state index in [4.69, 9.17) is 16.3 Å². The van der Waals surface area contributed by atoms with Crippen molar-refractivity contribution in [2.24, 2.45) is 5.92 Å². The fourth-order valence-electron chi connectivity index (χ4n) is 2.61. The molecule has 4 heteroatoms. The quantitative estimate of drug-likeness (QED) is 0.846. The van der Waals surface area contributed by atoms with Gasteiger partial charge < -0.3 is 9.64 Å². The van der Waals surface area contributed by atoms with E-state index in [0.29, 0.717) is 23.1 Å². The predicted octanol–water partition coefficient (Wildman–Crippen LogP) is 3.76. The van der Waals surface area contributed by atoms with Crippen molar-refractivity contribution in [3.8, 4) is 5.75 Å². The Morgan fingerprint density at radius 3 is 3.00 bits per heavy atom. The van der Waals surface area contributed by atoms with Gasteiger partial charge in [0.2, 0.25) is 0 Å². The van der Waals surface area contributed by atoms with E-state index in [1.54, 1.807) is 12.1 Å². The van der Waals surface area contributed by atoms with Crippen LogP contribution in [0.1, 0.15) is 33.1 Å². The summed E-state index contributed by atoms with van der Waals surface area (Å²) >= 11 is 5.94. The van der Waals surface area contributed by atoms with Crippen LogP contribution in [0.5, 0.6) is 5.75 Å². The van der Waals surface area contributed by atoms with Crippen molar-refractivity contribution in [2.75, 3.05) is 13.1 Å². The van der Waals surface area contributed by atoms with Gasteiger partial charge in [-0.2, -0.15) is 0 Å². The lowest BCUT2D eigenvalue weighted by Crippen LogP contribution is -2.46. The average molecular weight is 296 g/mol. The minimum atomic E-state index is -0.418. The van der Waals surface area contributed by atoms with Crippen LogP contribution in [0.2, 0.25) is 5.02 Å². The van der Waals surface area contributed by atoms with E-state index < -0.39 is 6.10 Å². The van der Waals surface area contributed by atoms with E-state index >= 15 is 0 Å². The Balaban J connectivity index is 2.02. The molecule has 1 saturated heterocycles. The number of benzene rings is 1.